The Balaban J connectivity index is 1.48. The molecule has 2 N–H and O–H groups in total. The number of anilines is 1. The predicted molar refractivity (Wildman–Crippen MR) is 124 cm³/mol. The zero-order chi connectivity index (χ0) is 20.8. The molecule has 4 rings (SSSR count). The van der Waals surface area contributed by atoms with E-state index in [1.54, 1.807) is 11.8 Å². The van der Waals surface area contributed by atoms with Gasteiger partial charge in [0.15, 0.2) is 0 Å². The third-order valence-corrected chi connectivity index (χ3v) is 5.65. The normalized spacial score (nSPS) is 10.8. The first-order valence-corrected chi connectivity index (χ1v) is 11.1. The van der Waals surface area contributed by atoms with Gasteiger partial charge in [0.05, 0.1) is 11.0 Å². The lowest BCUT2D eigenvalue weighted by molar-refractivity contribution is 0.209. The van der Waals surface area contributed by atoms with Crippen molar-refractivity contribution in [2.75, 3.05) is 18.1 Å². The number of thioether (sulfide) groups is 1. The number of amides is 2. The molecule has 0 atom stereocenters. The molecule has 5 nitrogen and oxygen atoms in total. The molecule has 0 aliphatic carbocycles. The second kappa shape index (κ2) is 9.50. The van der Waals surface area contributed by atoms with Crippen molar-refractivity contribution in [3.8, 4) is 0 Å². The molecule has 0 spiro atoms. The highest BCUT2D eigenvalue weighted by molar-refractivity contribution is 7.98. The summed E-state index contributed by atoms with van der Waals surface area (Å²) >= 11 is 1.68. The number of imidazole rings is 1. The fourth-order valence-corrected chi connectivity index (χ4v) is 3.71. The van der Waals surface area contributed by atoms with Crippen molar-refractivity contribution >= 4 is 34.5 Å². The van der Waals surface area contributed by atoms with Crippen molar-refractivity contribution in [3.63, 3.8) is 0 Å². The van der Waals surface area contributed by atoms with Crippen molar-refractivity contribution < 1.29 is 4.79 Å². The highest BCUT2D eigenvalue weighted by Crippen LogP contribution is 2.18. The average molecular weight is 417 g/mol. The van der Waals surface area contributed by atoms with Crippen molar-refractivity contribution in [1.29, 1.82) is 0 Å². The van der Waals surface area contributed by atoms with E-state index < -0.39 is 0 Å². The van der Waals surface area contributed by atoms with Gasteiger partial charge in [0, 0.05) is 30.1 Å². The van der Waals surface area contributed by atoms with Gasteiger partial charge in [-0.15, -0.1) is 11.8 Å². The summed E-state index contributed by atoms with van der Waals surface area (Å²) in [5, 5.41) is 3.02. The van der Waals surface area contributed by atoms with E-state index in [0.29, 0.717) is 19.5 Å². The monoisotopic (exact) mass is 416 g/mol. The van der Waals surface area contributed by atoms with Crippen LogP contribution in [0.3, 0.4) is 0 Å². The van der Waals surface area contributed by atoms with Crippen molar-refractivity contribution in [2.45, 2.75) is 17.9 Å². The highest BCUT2D eigenvalue weighted by atomic mass is 32.2. The van der Waals surface area contributed by atoms with E-state index in [9.17, 15) is 4.79 Å². The molecule has 30 heavy (non-hydrogen) atoms. The van der Waals surface area contributed by atoms with Crippen LogP contribution in [0.4, 0.5) is 10.5 Å². The summed E-state index contributed by atoms with van der Waals surface area (Å²) in [6.07, 6.45) is 2.69. The Kier molecular flexibility index (Phi) is 6.35. The zero-order valence-corrected chi connectivity index (χ0v) is 17.7. The quantitative estimate of drug-likeness (QED) is 0.388. The molecule has 0 saturated carbocycles. The molecule has 152 valence electrons. The Hall–Kier alpha value is -3.25. The van der Waals surface area contributed by atoms with Gasteiger partial charge in [0.1, 0.15) is 5.82 Å². The number of fused-ring (bicyclic) bond motifs is 1. The summed E-state index contributed by atoms with van der Waals surface area (Å²) in [4.78, 5) is 24.0. The number of rotatable bonds is 7. The minimum absolute atomic E-state index is 0.119. The molecule has 0 fully saturated rings. The number of H-pyrrole nitrogens is 1. The van der Waals surface area contributed by atoms with E-state index in [0.717, 1.165) is 28.1 Å². The topological polar surface area (TPSA) is 61.0 Å². The summed E-state index contributed by atoms with van der Waals surface area (Å²) in [5.41, 5.74) is 3.84. The third-order valence-electron chi connectivity index (χ3n) is 4.90. The van der Waals surface area contributed by atoms with Gasteiger partial charge in [-0.3, -0.25) is 0 Å². The van der Waals surface area contributed by atoms with Gasteiger partial charge in [-0.1, -0.05) is 42.5 Å². The van der Waals surface area contributed by atoms with Gasteiger partial charge < -0.3 is 15.2 Å². The average Bonchev–Trinajstić information content (AvgIpc) is 3.21. The number of carbonyl (C=O) groups is 1. The predicted octanol–water partition coefficient (Wildman–Crippen LogP) is 5.56. The Labute approximate surface area is 180 Å². The summed E-state index contributed by atoms with van der Waals surface area (Å²) in [5.74, 6) is 0.881. The van der Waals surface area contributed by atoms with Crippen molar-refractivity contribution in [1.82, 2.24) is 14.9 Å². The van der Waals surface area contributed by atoms with Crippen LogP contribution in [0.15, 0.2) is 83.8 Å². The van der Waals surface area contributed by atoms with Gasteiger partial charge in [0.2, 0.25) is 0 Å². The van der Waals surface area contributed by atoms with Crippen LogP contribution in [0.1, 0.15) is 11.4 Å². The molecule has 0 radical (unpaired) electrons. The van der Waals surface area contributed by atoms with Gasteiger partial charge in [-0.2, -0.15) is 0 Å². The third kappa shape index (κ3) is 5.02. The molecular formula is C24H24N4OS. The van der Waals surface area contributed by atoms with Crippen molar-refractivity contribution in [2.24, 2.45) is 0 Å². The highest BCUT2D eigenvalue weighted by Gasteiger charge is 2.15. The molecular weight excluding hydrogens is 392 g/mol. The first-order chi connectivity index (χ1) is 14.7. The van der Waals surface area contributed by atoms with Gasteiger partial charge >= 0.3 is 6.03 Å². The molecule has 3 aromatic carbocycles. The lowest BCUT2D eigenvalue weighted by Gasteiger charge is -2.23. The molecule has 6 heteroatoms. The van der Waals surface area contributed by atoms with Gasteiger partial charge in [-0.25, -0.2) is 9.78 Å². The van der Waals surface area contributed by atoms with Crippen LogP contribution in [0.2, 0.25) is 0 Å². The number of urea groups is 1. The Morgan fingerprint density at radius 1 is 1.00 bits per heavy atom. The number of nitrogens with zero attached hydrogens (tertiary/aromatic N) is 2. The fraction of sp³-hybridized carbons (Fsp3) is 0.167. The molecule has 1 heterocycles. The maximum atomic E-state index is 13.0. The zero-order valence-electron chi connectivity index (χ0n) is 16.8. The molecule has 0 saturated heterocycles. The lowest BCUT2D eigenvalue weighted by atomic mass is 10.2. The lowest BCUT2D eigenvalue weighted by Crippen LogP contribution is -2.36. The molecule has 0 aliphatic rings. The smallest absolute Gasteiger partial charge is 0.322 e. The summed E-state index contributed by atoms with van der Waals surface area (Å²) in [6.45, 7) is 1.10. The van der Waals surface area contributed by atoms with E-state index >= 15 is 0 Å². The van der Waals surface area contributed by atoms with E-state index in [-0.39, 0.29) is 6.03 Å². The van der Waals surface area contributed by atoms with Crippen LogP contribution in [0.5, 0.6) is 0 Å². The minimum atomic E-state index is -0.119. The minimum Gasteiger partial charge on any atom is -0.342 e. The SMILES string of the molecule is CSc1ccc(NC(=O)N(CCc2nc3ccccc3[nH]2)Cc2ccccc2)cc1. The molecule has 0 aliphatic heterocycles. The van der Waals surface area contributed by atoms with Crippen LogP contribution in [-0.2, 0) is 13.0 Å². The first kappa shape index (κ1) is 20.0. The number of nitrogens with one attached hydrogen (secondary N) is 2. The van der Waals surface area contributed by atoms with Gasteiger partial charge in [0.25, 0.3) is 0 Å². The van der Waals surface area contributed by atoms with Crippen LogP contribution in [0, 0.1) is 0 Å². The number of carbonyl (C=O) groups excluding carboxylic acids is 1. The van der Waals surface area contributed by atoms with Gasteiger partial charge in [-0.05, 0) is 48.2 Å². The standard InChI is InChI=1S/C24H24N4OS/c1-30-20-13-11-19(12-14-20)25-24(29)28(17-18-7-3-2-4-8-18)16-15-23-26-21-9-5-6-10-22(21)27-23/h2-14H,15-17H2,1H3,(H,25,29)(H,26,27). The Bertz CT molecular complexity index is 1080. The Morgan fingerprint density at radius 3 is 2.47 bits per heavy atom. The number of aromatic amines is 1. The second-order valence-electron chi connectivity index (χ2n) is 7.02. The molecule has 2 amide bonds. The molecule has 0 bridgehead atoms. The van der Waals surface area contributed by atoms with Crippen LogP contribution >= 0.6 is 11.8 Å². The van der Waals surface area contributed by atoms with Crippen molar-refractivity contribution in [3.05, 3.63) is 90.3 Å². The Morgan fingerprint density at radius 2 is 1.73 bits per heavy atom. The van der Waals surface area contributed by atoms with E-state index in [4.69, 9.17) is 0 Å². The molecule has 4 aromatic rings. The van der Waals surface area contributed by atoms with E-state index in [1.165, 1.54) is 4.90 Å². The maximum Gasteiger partial charge on any atom is 0.322 e. The largest absolute Gasteiger partial charge is 0.342 e. The van der Waals surface area contributed by atoms with Crippen LogP contribution in [0.25, 0.3) is 11.0 Å². The fourth-order valence-electron chi connectivity index (χ4n) is 3.30. The number of benzene rings is 3. The number of hydrogen-bond acceptors (Lipinski definition) is 3. The van der Waals surface area contributed by atoms with Crippen LogP contribution in [-0.4, -0.2) is 33.7 Å². The summed E-state index contributed by atoms with van der Waals surface area (Å²) < 4.78 is 0. The maximum absolute atomic E-state index is 13.0. The van der Waals surface area contributed by atoms with E-state index in [2.05, 4.69) is 15.3 Å². The molecule has 1 aromatic heterocycles. The number of para-hydroxylation sites is 2. The first-order valence-electron chi connectivity index (χ1n) is 9.89. The summed E-state index contributed by atoms with van der Waals surface area (Å²) in [6, 6.07) is 25.8. The van der Waals surface area contributed by atoms with E-state index in [1.807, 2.05) is 90.0 Å². The number of aromatic nitrogens is 2. The second-order valence-corrected chi connectivity index (χ2v) is 7.90. The van der Waals surface area contributed by atoms with Crippen LogP contribution < -0.4 is 5.32 Å². The molecule has 0 unspecified atom stereocenters. The summed E-state index contributed by atoms with van der Waals surface area (Å²) in [7, 11) is 0. The number of hydrogen-bond donors (Lipinski definition) is 2.